The van der Waals surface area contributed by atoms with E-state index in [-0.39, 0.29) is 6.54 Å². The zero-order valence-corrected chi connectivity index (χ0v) is 10.0. The Morgan fingerprint density at radius 1 is 1.29 bits per heavy atom. The molecule has 100 valence electrons. The molecule has 0 radical (unpaired) electrons. The van der Waals surface area contributed by atoms with E-state index in [0.29, 0.717) is 0 Å². The van der Waals surface area contributed by atoms with Crippen LogP contribution in [0.2, 0.25) is 0 Å². The average Bonchev–Trinajstić information content (AvgIpc) is 2.42. The van der Waals surface area contributed by atoms with Crippen molar-refractivity contribution in [3.63, 3.8) is 0 Å². The Balaban J connectivity index is 2.63. The van der Waals surface area contributed by atoms with Crippen LogP contribution < -0.4 is 5.73 Å². The van der Waals surface area contributed by atoms with Gasteiger partial charge in [0.05, 0.1) is 5.92 Å². The van der Waals surface area contributed by atoms with Crippen molar-refractivity contribution in [2.45, 2.75) is 38.6 Å². The maximum atomic E-state index is 12.5. The van der Waals surface area contributed by atoms with E-state index in [2.05, 4.69) is 0 Å². The van der Waals surface area contributed by atoms with E-state index in [1.807, 2.05) is 0 Å². The molecule has 0 spiro atoms. The van der Waals surface area contributed by atoms with Gasteiger partial charge in [-0.3, -0.25) is 0 Å². The van der Waals surface area contributed by atoms with E-state index in [0.717, 1.165) is 4.90 Å². The van der Waals surface area contributed by atoms with Gasteiger partial charge in [0.1, 0.15) is 5.60 Å². The van der Waals surface area contributed by atoms with Crippen LogP contribution >= 0.6 is 0 Å². The van der Waals surface area contributed by atoms with Crippen LogP contribution in [0.5, 0.6) is 0 Å². The predicted molar refractivity (Wildman–Crippen MR) is 55.3 cm³/mol. The van der Waals surface area contributed by atoms with Crippen molar-refractivity contribution < 1.29 is 22.7 Å². The number of carbonyl (C=O) groups is 1. The van der Waals surface area contributed by atoms with Gasteiger partial charge in [-0.2, -0.15) is 13.2 Å². The van der Waals surface area contributed by atoms with Crippen molar-refractivity contribution in [3.05, 3.63) is 0 Å². The quantitative estimate of drug-likeness (QED) is 0.716. The van der Waals surface area contributed by atoms with Crippen LogP contribution in [0.1, 0.15) is 20.8 Å². The highest BCUT2D eigenvalue weighted by Gasteiger charge is 2.50. The van der Waals surface area contributed by atoms with E-state index in [9.17, 15) is 18.0 Å². The molecule has 0 aromatic carbocycles. The van der Waals surface area contributed by atoms with Crippen LogP contribution in [0.3, 0.4) is 0 Å². The normalized spacial score (nSPS) is 26.2. The number of nitrogens with zero attached hydrogens (tertiary/aromatic N) is 1. The molecule has 1 saturated heterocycles. The average molecular weight is 254 g/mol. The van der Waals surface area contributed by atoms with Crippen LogP contribution in [0.4, 0.5) is 18.0 Å². The second-order valence-corrected chi connectivity index (χ2v) is 5.20. The zero-order chi connectivity index (χ0) is 13.4. The molecule has 1 rings (SSSR count). The van der Waals surface area contributed by atoms with E-state index < -0.39 is 36.4 Å². The number of halogens is 3. The minimum atomic E-state index is -4.38. The molecule has 1 fully saturated rings. The van der Waals surface area contributed by atoms with Gasteiger partial charge >= 0.3 is 12.3 Å². The highest BCUT2D eigenvalue weighted by molar-refractivity contribution is 5.68. The molecule has 0 aromatic rings. The lowest BCUT2D eigenvalue weighted by molar-refractivity contribution is -0.173. The predicted octanol–water partition coefficient (Wildman–Crippen LogP) is 1.74. The van der Waals surface area contributed by atoms with Crippen LogP contribution in [-0.2, 0) is 4.74 Å². The van der Waals surface area contributed by atoms with Crippen molar-refractivity contribution in [2.75, 3.05) is 13.1 Å². The lowest BCUT2D eigenvalue weighted by Gasteiger charge is -2.24. The maximum Gasteiger partial charge on any atom is 0.410 e. The summed E-state index contributed by atoms with van der Waals surface area (Å²) in [6.07, 6.45) is -5.13. The van der Waals surface area contributed by atoms with Gasteiger partial charge in [0.2, 0.25) is 0 Å². The van der Waals surface area contributed by atoms with Crippen molar-refractivity contribution in [2.24, 2.45) is 11.7 Å². The molecule has 2 unspecified atom stereocenters. The summed E-state index contributed by atoms with van der Waals surface area (Å²) in [5, 5.41) is 0. The number of alkyl halides is 3. The largest absolute Gasteiger partial charge is 0.444 e. The first-order chi connectivity index (χ1) is 7.50. The van der Waals surface area contributed by atoms with E-state index in [1.54, 1.807) is 20.8 Å². The highest BCUT2D eigenvalue weighted by atomic mass is 19.4. The van der Waals surface area contributed by atoms with Crippen molar-refractivity contribution >= 4 is 6.09 Å². The molecular formula is C10H17F3N2O2. The highest BCUT2D eigenvalue weighted by Crippen LogP contribution is 2.33. The topological polar surface area (TPSA) is 55.6 Å². The molecule has 2 N–H and O–H groups in total. The third-order valence-corrected chi connectivity index (χ3v) is 2.44. The first-order valence-electron chi connectivity index (χ1n) is 5.31. The van der Waals surface area contributed by atoms with Gasteiger partial charge in [-0.05, 0) is 20.8 Å². The van der Waals surface area contributed by atoms with E-state index >= 15 is 0 Å². The molecule has 2 atom stereocenters. The Kier molecular flexibility index (Phi) is 3.61. The first kappa shape index (κ1) is 14.1. The number of nitrogens with two attached hydrogens (primary N) is 1. The summed E-state index contributed by atoms with van der Waals surface area (Å²) >= 11 is 0. The Hall–Kier alpha value is -0.980. The summed E-state index contributed by atoms with van der Waals surface area (Å²) in [6.45, 7) is 4.41. The fraction of sp³-hybridized carbons (Fsp3) is 0.900. The van der Waals surface area contributed by atoms with Gasteiger partial charge in [0.25, 0.3) is 0 Å². The van der Waals surface area contributed by atoms with Gasteiger partial charge in [-0.1, -0.05) is 0 Å². The minimum absolute atomic E-state index is 0.126. The summed E-state index contributed by atoms with van der Waals surface area (Å²) in [6, 6.07) is -1.08. The summed E-state index contributed by atoms with van der Waals surface area (Å²) in [7, 11) is 0. The number of carbonyl (C=O) groups excluding carboxylic acids is 1. The molecule has 1 heterocycles. The number of rotatable bonds is 0. The van der Waals surface area contributed by atoms with Gasteiger partial charge in [0.15, 0.2) is 0 Å². The molecule has 1 amide bonds. The van der Waals surface area contributed by atoms with Crippen molar-refractivity contribution in [1.82, 2.24) is 4.90 Å². The van der Waals surface area contributed by atoms with Crippen molar-refractivity contribution in [1.29, 1.82) is 0 Å². The number of ether oxygens (including phenoxy) is 1. The van der Waals surface area contributed by atoms with Crippen LogP contribution in [0, 0.1) is 5.92 Å². The summed E-state index contributed by atoms with van der Waals surface area (Å²) < 4.78 is 42.6. The van der Waals surface area contributed by atoms with Crippen LogP contribution in [-0.4, -0.2) is 41.9 Å². The lowest BCUT2D eigenvalue weighted by atomic mass is 10.1. The van der Waals surface area contributed by atoms with Gasteiger partial charge in [-0.15, -0.1) is 0 Å². The van der Waals surface area contributed by atoms with Gasteiger partial charge in [0, 0.05) is 19.1 Å². The van der Waals surface area contributed by atoms with Crippen LogP contribution in [0.25, 0.3) is 0 Å². The molecule has 0 saturated carbocycles. The lowest BCUT2D eigenvalue weighted by Crippen LogP contribution is -2.38. The second-order valence-electron chi connectivity index (χ2n) is 5.20. The zero-order valence-electron chi connectivity index (χ0n) is 10.0. The Labute approximate surface area is 97.9 Å². The summed E-state index contributed by atoms with van der Waals surface area (Å²) in [5.74, 6) is -1.67. The molecule has 0 aliphatic carbocycles. The Bertz CT molecular complexity index is 299. The smallest absolute Gasteiger partial charge is 0.410 e. The van der Waals surface area contributed by atoms with E-state index in [1.165, 1.54) is 0 Å². The number of likely N-dealkylation sites (tertiary alicyclic amines) is 1. The molecule has 1 aliphatic heterocycles. The monoisotopic (exact) mass is 254 g/mol. The fourth-order valence-electron chi connectivity index (χ4n) is 1.65. The first-order valence-corrected chi connectivity index (χ1v) is 5.31. The molecular weight excluding hydrogens is 237 g/mol. The molecule has 0 aromatic heterocycles. The van der Waals surface area contributed by atoms with Crippen molar-refractivity contribution in [3.8, 4) is 0 Å². The number of hydrogen-bond donors (Lipinski definition) is 1. The molecule has 7 heteroatoms. The van der Waals surface area contributed by atoms with E-state index in [4.69, 9.17) is 10.5 Å². The molecule has 17 heavy (non-hydrogen) atoms. The Morgan fingerprint density at radius 3 is 2.18 bits per heavy atom. The molecule has 4 nitrogen and oxygen atoms in total. The minimum Gasteiger partial charge on any atom is -0.444 e. The summed E-state index contributed by atoms with van der Waals surface area (Å²) in [4.78, 5) is 12.6. The SMILES string of the molecule is CC(C)(C)OC(=O)N1CC(N)C(C(F)(F)F)C1. The number of amides is 1. The summed E-state index contributed by atoms with van der Waals surface area (Å²) in [5.41, 5.74) is 4.66. The Morgan fingerprint density at radius 2 is 1.82 bits per heavy atom. The van der Waals surface area contributed by atoms with Gasteiger partial charge < -0.3 is 15.4 Å². The molecule has 1 aliphatic rings. The third kappa shape index (κ3) is 3.76. The fourth-order valence-corrected chi connectivity index (χ4v) is 1.65. The van der Waals surface area contributed by atoms with Gasteiger partial charge in [-0.25, -0.2) is 4.79 Å². The molecule has 0 bridgehead atoms. The maximum absolute atomic E-state index is 12.5. The van der Waals surface area contributed by atoms with Crippen LogP contribution in [0.15, 0.2) is 0 Å². The third-order valence-electron chi connectivity index (χ3n) is 2.44. The second kappa shape index (κ2) is 4.36. The standard InChI is InChI=1S/C10H17F3N2O2/c1-9(2,3)17-8(16)15-4-6(7(14)5-15)10(11,12)13/h6-7H,4-5,14H2,1-3H3. The number of hydrogen-bond acceptors (Lipinski definition) is 3.